The molecule has 1 saturated heterocycles. The molecule has 34 heavy (non-hydrogen) atoms. The second-order valence-electron chi connectivity index (χ2n) is 8.83. The van der Waals surface area contributed by atoms with E-state index < -0.39 is 17.3 Å². The number of rotatable bonds is 6. The van der Waals surface area contributed by atoms with E-state index >= 15 is 0 Å². The fraction of sp³-hybridized carbons (Fsp3) is 0.360. The van der Waals surface area contributed by atoms with Crippen LogP contribution in [0.4, 0.5) is 30.6 Å². The Hall–Kier alpha value is -2.78. The molecule has 2 heterocycles. The number of hydrogen-bond donors (Lipinski definition) is 2. The number of β-amino-alcohol motifs (C(OH)–C–C–N with tert-alkyl or cyclic N) is 1. The summed E-state index contributed by atoms with van der Waals surface area (Å²) in [5.41, 5.74) is 0.919. The van der Waals surface area contributed by atoms with E-state index in [2.05, 4.69) is 27.4 Å². The number of halogens is 3. The molecular weight excluding hydrogens is 461 g/mol. The standard InChI is InChI=1S/C25H27F3N4OS/c1-17-13-19(34-15-18-7-4-3-5-8-18)9-10-21(17)30-23-29-14-20(25(26,27)28)22(31-23)32-12-6-11-24(2,33)16-32/h3-5,7-10,13-14,33H,6,11-12,15-16H2,1-2H3,(H,29,30,31)/t24-/m0/s1. The summed E-state index contributed by atoms with van der Waals surface area (Å²) in [5, 5.41) is 13.5. The highest BCUT2D eigenvalue weighted by Crippen LogP contribution is 2.38. The SMILES string of the molecule is Cc1cc(SCc2ccccc2)ccc1Nc1ncc(C(F)(F)F)c(N2CCC[C@](C)(O)C2)n1. The summed E-state index contributed by atoms with van der Waals surface area (Å²) in [6, 6.07) is 16.1. The Morgan fingerprint density at radius 3 is 2.62 bits per heavy atom. The molecule has 0 radical (unpaired) electrons. The molecule has 0 spiro atoms. The first-order valence-corrected chi connectivity index (χ1v) is 12.1. The third-order valence-electron chi connectivity index (χ3n) is 5.74. The minimum absolute atomic E-state index is 0.0822. The van der Waals surface area contributed by atoms with Crippen LogP contribution in [0, 0.1) is 6.92 Å². The first-order chi connectivity index (χ1) is 16.1. The molecule has 0 unspecified atom stereocenters. The lowest BCUT2D eigenvalue weighted by atomic mass is 9.95. The molecule has 2 N–H and O–H groups in total. The van der Waals surface area contributed by atoms with Crippen molar-refractivity contribution < 1.29 is 18.3 Å². The largest absolute Gasteiger partial charge is 0.421 e. The molecule has 180 valence electrons. The van der Waals surface area contributed by atoms with E-state index in [0.717, 1.165) is 28.1 Å². The van der Waals surface area contributed by atoms with Gasteiger partial charge in [-0.15, -0.1) is 11.8 Å². The number of nitrogens with one attached hydrogen (secondary N) is 1. The van der Waals surface area contributed by atoms with Gasteiger partial charge >= 0.3 is 6.18 Å². The van der Waals surface area contributed by atoms with Crippen LogP contribution in [0.15, 0.2) is 59.6 Å². The van der Waals surface area contributed by atoms with Gasteiger partial charge in [-0.3, -0.25) is 0 Å². The summed E-state index contributed by atoms with van der Waals surface area (Å²) >= 11 is 1.71. The quantitative estimate of drug-likeness (QED) is 0.404. The Morgan fingerprint density at radius 1 is 1.18 bits per heavy atom. The monoisotopic (exact) mass is 488 g/mol. The van der Waals surface area contributed by atoms with Gasteiger partial charge in [-0.25, -0.2) is 4.98 Å². The summed E-state index contributed by atoms with van der Waals surface area (Å²) in [6.07, 6.45) is -2.66. The van der Waals surface area contributed by atoms with Gasteiger partial charge in [-0.05, 0) is 56.0 Å². The van der Waals surface area contributed by atoms with Gasteiger partial charge in [0.05, 0.1) is 5.60 Å². The molecule has 0 bridgehead atoms. The molecule has 1 aliphatic rings. The number of anilines is 3. The average molecular weight is 489 g/mol. The fourth-order valence-corrected chi connectivity index (χ4v) is 4.95. The van der Waals surface area contributed by atoms with E-state index in [-0.39, 0.29) is 18.3 Å². The van der Waals surface area contributed by atoms with Gasteiger partial charge in [0.25, 0.3) is 0 Å². The number of aromatic nitrogens is 2. The van der Waals surface area contributed by atoms with Crippen LogP contribution in [0.3, 0.4) is 0 Å². The van der Waals surface area contributed by atoms with Crippen LogP contribution in [0.5, 0.6) is 0 Å². The lowest BCUT2D eigenvalue weighted by Crippen LogP contribution is -2.47. The zero-order valence-corrected chi connectivity index (χ0v) is 19.9. The number of aryl methyl sites for hydroxylation is 1. The fourth-order valence-electron chi connectivity index (χ4n) is 4.00. The molecule has 0 amide bonds. The first kappa shape index (κ1) is 24.3. The van der Waals surface area contributed by atoms with Gasteiger partial charge in [0, 0.05) is 35.6 Å². The minimum Gasteiger partial charge on any atom is -0.388 e. The van der Waals surface area contributed by atoms with Crippen molar-refractivity contribution in [3.8, 4) is 0 Å². The van der Waals surface area contributed by atoms with Crippen LogP contribution in [0.2, 0.25) is 0 Å². The summed E-state index contributed by atoms with van der Waals surface area (Å²) in [5.74, 6) is 0.719. The van der Waals surface area contributed by atoms with Crippen molar-refractivity contribution in [3.05, 3.63) is 71.4 Å². The van der Waals surface area contributed by atoms with Crippen molar-refractivity contribution in [3.63, 3.8) is 0 Å². The van der Waals surface area contributed by atoms with Crippen LogP contribution in [-0.4, -0.2) is 33.8 Å². The normalized spacial score (nSPS) is 18.7. The smallest absolute Gasteiger partial charge is 0.388 e. The second-order valence-corrected chi connectivity index (χ2v) is 9.88. The summed E-state index contributed by atoms with van der Waals surface area (Å²) in [4.78, 5) is 10.8. The molecule has 0 saturated carbocycles. The Balaban J connectivity index is 1.54. The number of aliphatic hydroxyl groups is 1. The average Bonchev–Trinajstić information content (AvgIpc) is 2.78. The summed E-state index contributed by atoms with van der Waals surface area (Å²) < 4.78 is 41.0. The second kappa shape index (κ2) is 9.84. The van der Waals surface area contributed by atoms with Crippen molar-refractivity contribution >= 4 is 29.2 Å². The maximum absolute atomic E-state index is 13.7. The molecule has 1 aromatic heterocycles. The van der Waals surface area contributed by atoms with Crippen molar-refractivity contribution in [2.24, 2.45) is 0 Å². The molecule has 3 aromatic rings. The molecular formula is C25H27F3N4OS. The predicted octanol–water partition coefficient (Wildman–Crippen LogP) is 6.19. The highest BCUT2D eigenvalue weighted by molar-refractivity contribution is 7.98. The Bertz CT molecular complexity index is 1140. The van der Waals surface area contributed by atoms with Crippen LogP contribution in [0.1, 0.15) is 36.5 Å². The molecule has 1 aliphatic heterocycles. The molecule has 9 heteroatoms. The van der Waals surface area contributed by atoms with Gasteiger partial charge in [0.2, 0.25) is 5.95 Å². The maximum Gasteiger partial charge on any atom is 0.421 e. The molecule has 2 aromatic carbocycles. The van der Waals surface area contributed by atoms with Crippen LogP contribution < -0.4 is 10.2 Å². The molecule has 0 aliphatic carbocycles. The summed E-state index contributed by atoms with van der Waals surface area (Å²) in [6.45, 7) is 4.04. The zero-order chi connectivity index (χ0) is 24.3. The van der Waals surface area contributed by atoms with Gasteiger partial charge in [0.15, 0.2) is 0 Å². The number of thioether (sulfide) groups is 1. The first-order valence-electron chi connectivity index (χ1n) is 11.1. The van der Waals surface area contributed by atoms with Gasteiger partial charge < -0.3 is 15.3 Å². The Kier molecular flexibility index (Phi) is 7.04. The lowest BCUT2D eigenvalue weighted by Gasteiger charge is -2.38. The lowest BCUT2D eigenvalue weighted by molar-refractivity contribution is -0.137. The molecule has 5 nitrogen and oxygen atoms in total. The predicted molar refractivity (Wildman–Crippen MR) is 130 cm³/mol. The highest BCUT2D eigenvalue weighted by Gasteiger charge is 2.39. The number of benzene rings is 2. The van der Waals surface area contributed by atoms with Crippen molar-refractivity contribution in [1.82, 2.24) is 9.97 Å². The van der Waals surface area contributed by atoms with Gasteiger partial charge in [-0.2, -0.15) is 18.2 Å². The topological polar surface area (TPSA) is 61.3 Å². The van der Waals surface area contributed by atoms with E-state index in [1.807, 2.05) is 43.3 Å². The number of piperidine rings is 1. The van der Waals surface area contributed by atoms with Crippen molar-refractivity contribution in [2.75, 3.05) is 23.3 Å². The van der Waals surface area contributed by atoms with Crippen LogP contribution in [-0.2, 0) is 11.9 Å². The van der Waals surface area contributed by atoms with Crippen LogP contribution in [0.25, 0.3) is 0 Å². The highest BCUT2D eigenvalue weighted by atomic mass is 32.2. The molecule has 4 rings (SSSR count). The zero-order valence-electron chi connectivity index (χ0n) is 19.1. The number of nitrogens with zero attached hydrogens (tertiary/aromatic N) is 3. The Labute approximate surface area is 201 Å². The van der Waals surface area contributed by atoms with E-state index in [4.69, 9.17) is 0 Å². The van der Waals surface area contributed by atoms with Gasteiger partial charge in [0.1, 0.15) is 11.4 Å². The number of alkyl halides is 3. The third-order valence-corrected chi connectivity index (χ3v) is 6.81. The van der Waals surface area contributed by atoms with Gasteiger partial charge in [-0.1, -0.05) is 30.3 Å². The molecule has 1 fully saturated rings. The van der Waals surface area contributed by atoms with Crippen molar-refractivity contribution in [2.45, 2.75) is 49.1 Å². The summed E-state index contributed by atoms with van der Waals surface area (Å²) in [7, 11) is 0. The van der Waals surface area contributed by atoms with Crippen molar-refractivity contribution in [1.29, 1.82) is 0 Å². The maximum atomic E-state index is 13.7. The van der Waals surface area contributed by atoms with E-state index in [1.54, 1.807) is 18.7 Å². The molecule has 1 atom stereocenters. The van der Waals surface area contributed by atoms with Crippen LogP contribution >= 0.6 is 11.8 Å². The number of hydrogen-bond acceptors (Lipinski definition) is 6. The Morgan fingerprint density at radius 2 is 1.94 bits per heavy atom. The third kappa shape index (κ3) is 6.01. The minimum atomic E-state index is -4.59. The van der Waals surface area contributed by atoms with E-state index in [9.17, 15) is 18.3 Å². The van der Waals surface area contributed by atoms with E-state index in [1.165, 1.54) is 10.5 Å². The van der Waals surface area contributed by atoms with E-state index in [0.29, 0.717) is 19.4 Å².